The monoisotopic (exact) mass is 349 g/mol. The Bertz CT molecular complexity index is 541. The Balaban J connectivity index is 2.91. The molecule has 0 saturated heterocycles. The second-order valence-corrected chi connectivity index (χ2v) is 5.98. The van der Waals surface area contributed by atoms with Crippen LogP contribution in [0.4, 0.5) is 18.0 Å². The summed E-state index contributed by atoms with van der Waals surface area (Å²) in [5, 5.41) is 2.59. The summed E-state index contributed by atoms with van der Waals surface area (Å²) in [6, 6.07) is 4.70. The number of halogens is 3. The summed E-state index contributed by atoms with van der Waals surface area (Å²) in [5.41, 5.74) is -0.280. The van der Waals surface area contributed by atoms with Crippen LogP contribution in [0.3, 0.4) is 0 Å². The first-order valence-electron chi connectivity index (χ1n) is 7.43. The predicted molar refractivity (Wildman–Crippen MR) is 81.7 cm³/mol. The first-order chi connectivity index (χ1) is 11.0. The summed E-state index contributed by atoms with van der Waals surface area (Å²) in [6.45, 7) is 7.38. The third-order valence-electron chi connectivity index (χ3n) is 2.67. The van der Waals surface area contributed by atoms with E-state index in [0.717, 1.165) is 0 Å². The maximum atomic E-state index is 12.3. The van der Waals surface area contributed by atoms with Gasteiger partial charge in [0.15, 0.2) is 0 Å². The fraction of sp³-hybridized carbons (Fsp3) is 0.562. The van der Waals surface area contributed by atoms with Crippen LogP contribution in [0.25, 0.3) is 0 Å². The summed E-state index contributed by atoms with van der Waals surface area (Å²) < 4.78 is 51.4. The fourth-order valence-corrected chi connectivity index (χ4v) is 1.84. The van der Waals surface area contributed by atoms with Crippen LogP contribution in [-0.2, 0) is 9.47 Å². The van der Waals surface area contributed by atoms with Crippen molar-refractivity contribution in [3.8, 4) is 5.75 Å². The number of rotatable bonds is 6. The van der Waals surface area contributed by atoms with Gasteiger partial charge in [-0.1, -0.05) is 12.1 Å². The molecule has 5 nitrogen and oxygen atoms in total. The Morgan fingerprint density at radius 3 is 2.46 bits per heavy atom. The van der Waals surface area contributed by atoms with E-state index in [9.17, 15) is 18.0 Å². The average Bonchev–Trinajstić information content (AvgIpc) is 2.39. The van der Waals surface area contributed by atoms with Crippen LogP contribution in [0.5, 0.6) is 5.75 Å². The lowest BCUT2D eigenvalue weighted by Gasteiger charge is -2.24. The lowest BCUT2D eigenvalue weighted by atomic mass is 10.1. The highest BCUT2D eigenvalue weighted by Gasteiger charge is 2.31. The third kappa shape index (κ3) is 8.05. The smallest absolute Gasteiger partial charge is 0.444 e. The van der Waals surface area contributed by atoms with Crippen molar-refractivity contribution in [2.75, 3.05) is 13.2 Å². The Labute approximate surface area is 139 Å². The van der Waals surface area contributed by atoms with Gasteiger partial charge in [0.2, 0.25) is 0 Å². The topological polar surface area (TPSA) is 56.8 Å². The Morgan fingerprint density at radius 2 is 1.92 bits per heavy atom. The SMILES string of the molecule is CCOC[C@H](NC(=O)OC(C)(C)C)c1cccc(OC(F)(F)F)c1. The molecule has 0 aliphatic heterocycles. The molecule has 8 heteroatoms. The maximum absolute atomic E-state index is 12.3. The van der Waals surface area contributed by atoms with Gasteiger partial charge in [-0.2, -0.15) is 0 Å². The zero-order valence-electron chi connectivity index (χ0n) is 14.1. The molecule has 0 spiro atoms. The molecule has 0 aliphatic rings. The minimum absolute atomic E-state index is 0.0885. The fourth-order valence-electron chi connectivity index (χ4n) is 1.84. The molecule has 1 atom stereocenters. The number of alkyl halides is 3. The van der Waals surface area contributed by atoms with Gasteiger partial charge < -0.3 is 19.5 Å². The molecule has 0 heterocycles. The molecule has 1 N–H and O–H groups in total. The first-order valence-corrected chi connectivity index (χ1v) is 7.43. The van der Waals surface area contributed by atoms with Crippen molar-refractivity contribution in [3.63, 3.8) is 0 Å². The first kappa shape index (κ1) is 20.1. The van der Waals surface area contributed by atoms with Gasteiger partial charge in [0, 0.05) is 6.61 Å². The van der Waals surface area contributed by atoms with Gasteiger partial charge in [-0.15, -0.1) is 13.2 Å². The second kappa shape index (κ2) is 8.23. The number of carbonyl (C=O) groups excluding carboxylic acids is 1. The van der Waals surface area contributed by atoms with Crippen molar-refractivity contribution in [3.05, 3.63) is 29.8 Å². The summed E-state index contributed by atoms with van der Waals surface area (Å²) in [7, 11) is 0. The van der Waals surface area contributed by atoms with E-state index in [4.69, 9.17) is 9.47 Å². The van der Waals surface area contributed by atoms with E-state index >= 15 is 0 Å². The standard InChI is InChI=1S/C16H22F3NO4/c1-5-22-10-13(20-14(21)24-15(2,3)4)11-7-6-8-12(9-11)23-16(17,18)19/h6-9,13H,5,10H2,1-4H3,(H,20,21)/t13-/m0/s1. The van der Waals surface area contributed by atoms with Crippen molar-refractivity contribution in [2.24, 2.45) is 0 Å². The molecule has 1 rings (SSSR count). The van der Waals surface area contributed by atoms with E-state index in [1.807, 2.05) is 0 Å². The highest BCUT2D eigenvalue weighted by molar-refractivity contribution is 5.68. The molecule has 0 saturated carbocycles. The number of hydrogen-bond donors (Lipinski definition) is 1. The van der Waals surface area contributed by atoms with Crippen molar-refractivity contribution >= 4 is 6.09 Å². The zero-order valence-corrected chi connectivity index (χ0v) is 14.1. The van der Waals surface area contributed by atoms with Crippen LogP contribution in [-0.4, -0.2) is 31.3 Å². The lowest BCUT2D eigenvalue weighted by molar-refractivity contribution is -0.274. The van der Waals surface area contributed by atoms with Gasteiger partial charge in [0.1, 0.15) is 11.4 Å². The summed E-state index contributed by atoms with van der Waals surface area (Å²) in [6.07, 6.45) is -5.47. The second-order valence-electron chi connectivity index (χ2n) is 5.98. The van der Waals surface area contributed by atoms with Crippen LogP contribution in [0.1, 0.15) is 39.3 Å². The Hall–Kier alpha value is -1.96. The molecule has 0 radical (unpaired) electrons. The Morgan fingerprint density at radius 1 is 1.25 bits per heavy atom. The van der Waals surface area contributed by atoms with E-state index in [-0.39, 0.29) is 12.4 Å². The van der Waals surface area contributed by atoms with E-state index in [0.29, 0.717) is 12.2 Å². The number of carbonyl (C=O) groups is 1. The van der Waals surface area contributed by atoms with Crippen LogP contribution in [0.15, 0.2) is 24.3 Å². The molecule has 0 bridgehead atoms. The van der Waals surface area contributed by atoms with Crippen LogP contribution in [0, 0.1) is 0 Å². The molecule has 0 fully saturated rings. The van der Waals surface area contributed by atoms with Crippen molar-refractivity contribution in [1.29, 1.82) is 0 Å². The zero-order chi connectivity index (χ0) is 18.4. The minimum Gasteiger partial charge on any atom is -0.444 e. The van der Waals surface area contributed by atoms with E-state index < -0.39 is 24.1 Å². The predicted octanol–water partition coefficient (Wildman–Crippen LogP) is 4.19. The number of ether oxygens (including phenoxy) is 3. The van der Waals surface area contributed by atoms with Gasteiger partial charge in [-0.25, -0.2) is 4.79 Å². The average molecular weight is 349 g/mol. The van der Waals surface area contributed by atoms with Gasteiger partial charge >= 0.3 is 12.5 Å². The van der Waals surface area contributed by atoms with Gasteiger partial charge in [-0.3, -0.25) is 0 Å². The summed E-state index contributed by atoms with van der Waals surface area (Å²) in [4.78, 5) is 11.9. The van der Waals surface area contributed by atoms with Crippen molar-refractivity contribution in [2.45, 2.75) is 45.7 Å². The van der Waals surface area contributed by atoms with Crippen LogP contribution in [0.2, 0.25) is 0 Å². The normalized spacial score (nSPS) is 13.3. The molecule has 0 aromatic heterocycles. The van der Waals surface area contributed by atoms with E-state index in [1.54, 1.807) is 33.8 Å². The van der Waals surface area contributed by atoms with E-state index in [2.05, 4.69) is 10.1 Å². The number of benzene rings is 1. The minimum atomic E-state index is -4.79. The number of hydrogen-bond acceptors (Lipinski definition) is 4. The summed E-state index contributed by atoms with van der Waals surface area (Å²) in [5.74, 6) is -0.368. The van der Waals surface area contributed by atoms with Gasteiger partial charge in [0.05, 0.1) is 12.6 Å². The van der Waals surface area contributed by atoms with Crippen LogP contribution >= 0.6 is 0 Å². The molecular formula is C16H22F3NO4. The number of nitrogens with one attached hydrogen (secondary N) is 1. The molecule has 136 valence electrons. The molecule has 0 aliphatic carbocycles. The van der Waals surface area contributed by atoms with Crippen molar-refractivity contribution < 1.29 is 32.2 Å². The highest BCUT2D eigenvalue weighted by atomic mass is 19.4. The number of alkyl carbamates (subject to hydrolysis) is 1. The summed E-state index contributed by atoms with van der Waals surface area (Å²) >= 11 is 0. The Kier molecular flexibility index (Phi) is 6.89. The molecule has 1 aromatic carbocycles. The van der Waals surface area contributed by atoms with E-state index in [1.165, 1.54) is 18.2 Å². The molecule has 24 heavy (non-hydrogen) atoms. The third-order valence-corrected chi connectivity index (χ3v) is 2.67. The van der Waals surface area contributed by atoms with Crippen LogP contribution < -0.4 is 10.1 Å². The molecule has 0 unspecified atom stereocenters. The largest absolute Gasteiger partial charge is 0.573 e. The molecule has 1 aromatic rings. The highest BCUT2D eigenvalue weighted by Crippen LogP contribution is 2.26. The maximum Gasteiger partial charge on any atom is 0.573 e. The quantitative estimate of drug-likeness (QED) is 0.837. The van der Waals surface area contributed by atoms with Crippen molar-refractivity contribution in [1.82, 2.24) is 5.32 Å². The van der Waals surface area contributed by atoms with Gasteiger partial charge in [-0.05, 0) is 45.4 Å². The molecule has 1 amide bonds. The van der Waals surface area contributed by atoms with Gasteiger partial charge in [0.25, 0.3) is 0 Å². The lowest BCUT2D eigenvalue weighted by Crippen LogP contribution is -2.36. The molecular weight excluding hydrogens is 327 g/mol. The number of amides is 1.